The number of rotatable bonds is 4. The monoisotopic (exact) mass is 238 g/mol. The zero-order valence-corrected chi connectivity index (χ0v) is 12.6. The van der Waals surface area contributed by atoms with Gasteiger partial charge in [0.2, 0.25) is 0 Å². The van der Waals surface area contributed by atoms with Gasteiger partial charge in [-0.25, -0.2) is 0 Å². The summed E-state index contributed by atoms with van der Waals surface area (Å²) in [4.78, 5) is 12.2. The molecule has 1 nitrogen and oxygen atoms in total. The Morgan fingerprint density at radius 2 is 1.59 bits per heavy atom. The number of Topliss-reactive ketones (excluding diaryl/α,β-unsaturated/α-hetero) is 1. The molecule has 0 aliphatic heterocycles. The second kappa shape index (κ2) is 5.12. The summed E-state index contributed by atoms with van der Waals surface area (Å²) in [6.45, 7) is 13.7. The molecular formula is C16H30O. The van der Waals surface area contributed by atoms with Gasteiger partial charge in [-0.2, -0.15) is 0 Å². The van der Waals surface area contributed by atoms with E-state index in [-0.39, 0.29) is 11.3 Å². The van der Waals surface area contributed by atoms with Gasteiger partial charge in [0.1, 0.15) is 5.78 Å². The van der Waals surface area contributed by atoms with Gasteiger partial charge in [0, 0.05) is 12.3 Å². The Labute approximate surface area is 107 Å². The molecule has 0 aromatic carbocycles. The van der Waals surface area contributed by atoms with E-state index in [0.29, 0.717) is 11.2 Å². The highest BCUT2D eigenvalue weighted by molar-refractivity contribution is 5.82. The lowest BCUT2D eigenvalue weighted by molar-refractivity contribution is -0.131. The first-order valence-corrected chi connectivity index (χ1v) is 7.27. The smallest absolute Gasteiger partial charge is 0.136 e. The summed E-state index contributed by atoms with van der Waals surface area (Å²) in [5.74, 6) is 1.53. The minimum Gasteiger partial charge on any atom is -0.299 e. The standard InChI is InChI=1S/C16H30O/c1-7-15(3,4)12-9-10-14(17)13(11-12)16(5,6)8-2/h12-13H,7-11H2,1-6H3/t12-,13+/m1/s1. The predicted molar refractivity (Wildman–Crippen MR) is 74.0 cm³/mol. The molecule has 0 bridgehead atoms. The zero-order chi connectivity index (χ0) is 13.3. The summed E-state index contributed by atoms with van der Waals surface area (Å²) in [6.07, 6.45) is 5.34. The van der Waals surface area contributed by atoms with Crippen LogP contribution in [0.5, 0.6) is 0 Å². The second-order valence-corrected chi connectivity index (χ2v) is 7.17. The van der Waals surface area contributed by atoms with Crippen LogP contribution in [0, 0.1) is 22.7 Å². The van der Waals surface area contributed by atoms with E-state index in [0.717, 1.165) is 31.6 Å². The molecule has 0 amide bonds. The van der Waals surface area contributed by atoms with Crippen LogP contribution >= 0.6 is 0 Å². The van der Waals surface area contributed by atoms with Crippen LogP contribution in [0.1, 0.15) is 73.6 Å². The highest BCUT2D eigenvalue weighted by atomic mass is 16.1. The molecule has 0 N–H and O–H groups in total. The maximum absolute atomic E-state index is 12.2. The number of carbonyl (C=O) groups excluding carboxylic acids is 1. The van der Waals surface area contributed by atoms with E-state index >= 15 is 0 Å². The highest BCUT2D eigenvalue weighted by Crippen LogP contribution is 2.47. The van der Waals surface area contributed by atoms with Crippen LogP contribution in [0.15, 0.2) is 0 Å². The first-order valence-electron chi connectivity index (χ1n) is 7.27. The molecule has 0 saturated heterocycles. The Bertz CT molecular complexity index is 275. The first kappa shape index (κ1) is 14.7. The van der Waals surface area contributed by atoms with Crippen LogP contribution in [-0.2, 0) is 4.79 Å². The van der Waals surface area contributed by atoms with Gasteiger partial charge >= 0.3 is 0 Å². The average Bonchev–Trinajstić information content (AvgIpc) is 2.29. The van der Waals surface area contributed by atoms with Crippen molar-refractivity contribution in [2.24, 2.45) is 22.7 Å². The summed E-state index contributed by atoms with van der Waals surface area (Å²) in [5.41, 5.74) is 0.572. The minimum absolute atomic E-state index is 0.180. The van der Waals surface area contributed by atoms with Crippen molar-refractivity contribution in [1.29, 1.82) is 0 Å². The van der Waals surface area contributed by atoms with Gasteiger partial charge in [-0.05, 0) is 29.6 Å². The molecule has 1 fully saturated rings. The van der Waals surface area contributed by atoms with E-state index in [9.17, 15) is 4.79 Å². The molecule has 0 aromatic heterocycles. The Morgan fingerprint density at radius 1 is 1.06 bits per heavy atom. The van der Waals surface area contributed by atoms with Crippen LogP contribution < -0.4 is 0 Å². The number of carbonyl (C=O) groups is 1. The van der Waals surface area contributed by atoms with E-state index in [2.05, 4.69) is 41.5 Å². The maximum Gasteiger partial charge on any atom is 0.136 e. The van der Waals surface area contributed by atoms with Crippen LogP contribution in [0.3, 0.4) is 0 Å². The number of hydrogen-bond acceptors (Lipinski definition) is 1. The zero-order valence-electron chi connectivity index (χ0n) is 12.6. The number of hydrogen-bond donors (Lipinski definition) is 0. The average molecular weight is 238 g/mol. The Kier molecular flexibility index (Phi) is 4.43. The van der Waals surface area contributed by atoms with Crippen molar-refractivity contribution in [3.8, 4) is 0 Å². The van der Waals surface area contributed by atoms with E-state index in [1.54, 1.807) is 0 Å². The van der Waals surface area contributed by atoms with E-state index < -0.39 is 0 Å². The van der Waals surface area contributed by atoms with Crippen molar-refractivity contribution in [1.82, 2.24) is 0 Å². The molecule has 0 unspecified atom stereocenters. The molecule has 0 heterocycles. The van der Waals surface area contributed by atoms with Crippen molar-refractivity contribution in [3.63, 3.8) is 0 Å². The molecular weight excluding hydrogens is 208 g/mol. The van der Waals surface area contributed by atoms with Gasteiger partial charge in [0.25, 0.3) is 0 Å². The summed E-state index contributed by atoms with van der Waals surface area (Å²) in [6, 6.07) is 0. The van der Waals surface area contributed by atoms with Gasteiger partial charge in [-0.1, -0.05) is 54.4 Å². The Hall–Kier alpha value is -0.330. The molecule has 100 valence electrons. The van der Waals surface area contributed by atoms with Crippen molar-refractivity contribution in [2.45, 2.75) is 73.6 Å². The SMILES string of the molecule is CCC(C)(C)[C@@H]1CCC(=O)[C@@H](C(C)(C)CC)C1. The predicted octanol–water partition coefficient (Wildman–Crippen LogP) is 4.84. The molecule has 0 radical (unpaired) electrons. The molecule has 1 aliphatic rings. The van der Waals surface area contributed by atoms with Crippen LogP contribution in [-0.4, -0.2) is 5.78 Å². The summed E-state index contributed by atoms with van der Waals surface area (Å²) in [7, 11) is 0. The molecule has 0 spiro atoms. The normalized spacial score (nSPS) is 27.3. The lowest BCUT2D eigenvalue weighted by Crippen LogP contribution is -2.39. The molecule has 17 heavy (non-hydrogen) atoms. The summed E-state index contributed by atoms with van der Waals surface area (Å²) < 4.78 is 0. The van der Waals surface area contributed by atoms with E-state index in [1.165, 1.54) is 6.42 Å². The Morgan fingerprint density at radius 3 is 2.06 bits per heavy atom. The van der Waals surface area contributed by atoms with Crippen LogP contribution in [0.25, 0.3) is 0 Å². The van der Waals surface area contributed by atoms with E-state index in [4.69, 9.17) is 0 Å². The fourth-order valence-electron chi connectivity index (χ4n) is 3.02. The van der Waals surface area contributed by atoms with Gasteiger partial charge in [-0.3, -0.25) is 4.79 Å². The fourth-order valence-corrected chi connectivity index (χ4v) is 3.02. The molecule has 0 aromatic rings. The summed E-state index contributed by atoms with van der Waals surface area (Å²) >= 11 is 0. The third-order valence-corrected chi connectivity index (χ3v) is 5.52. The molecule has 1 saturated carbocycles. The quantitative estimate of drug-likeness (QED) is 0.684. The lowest BCUT2D eigenvalue weighted by atomic mass is 9.60. The van der Waals surface area contributed by atoms with Crippen molar-refractivity contribution >= 4 is 5.78 Å². The molecule has 1 aliphatic carbocycles. The highest BCUT2D eigenvalue weighted by Gasteiger charge is 2.42. The lowest BCUT2D eigenvalue weighted by Gasteiger charge is -2.43. The minimum atomic E-state index is 0.180. The van der Waals surface area contributed by atoms with Gasteiger partial charge in [-0.15, -0.1) is 0 Å². The third-order valence-electron chi connectivity index (χ3n) is 5.52. The van der Waals surface area contributed by atoms with Gasteiger partial charge < -0.3 is 0 Å². The van der Waals surface area contributed by atoms with Crippen LogP contribution in [0.2, 0.25) is 0 Å². The van der Waals surface area contributed by atoms with Crippen LogP contribution in [0.4, 0.5) is 0 Å². The van der Waals surface area contributed by atoms with Gasteiger partial charge in [0.05, 0.1) is 0 Å². The van der Waals surface area contributed by atoms with Crippen molar-refractivity contribution in [3.05, 3.63) is 0 Å². The largest absolute Gasteiger partial charge is 0.299 e. The van der Waals surface area contributed by atoms with Crippen molar-refractivity contribution in [2.75, 3.05) is 0 Å². The maximum atomic E-state index is 12.2. The van der Waals surface area contributed by atoms with Gasteiger partial charge in [0.15, 0.2) is 0 Å². The Balaban J connectivity index is 2.83. The first-order chi connectivity index (χ1) is 7.74. The third kappa shape index (κ3) is 3.11. The number of ketones is 1. The van der Waals surface area contributed by atoms with Crippen molar-refractivity contribution < 1.29 is 4.79 Å². The van der Waals surface area contributed by atoms with E-state index in [1.807, 2.05) is 0 Å². The second-order valence-electron chi connectivity index (χ2n) is 7.17. The fraction of sp³-hybridized carbons (Fsp3) is 0.938. The molecule has 1 rings (SSSR count). The molecule has 2 atom stereocenters. The molecule has 1 heteroatoms. The summed E-state index contributed by atoms with van der Waals surface area (Å²) in [5, 5.41) is 0. The topological polar surface area (TPSA) is 17.1 Å².